The van der Waals surface area contributed by atoms with Crippen LogP contribution in [0, 0.1) is 11.6 Å². The maximum atomic E-state index is 13.7. The van der Waals surface area contributed by atoms with Crippen LogP contribution in [0.25, 0.3) is 0 Å². The molecule has 0 spiro atoms. The van der Waals surface area contributed by atoms with Crippen LogP contribution in [0.3, 0.4) is 0 Å². The lowest BCUT2D eigenvalue weighted by Crippen LogP contribution is -2.31. The first kappa shape index (κ1) is 13.5. The van der Waals surface area contributed by atoms with Gasteiger partial charge in [0, 0.05) is 23.7 Å². The lowest BCUT2D eigenvalue weighted by Gasteiger charge is -2.22. The van der Waals surface area contributed by atoms with Gasteiger partial charge in [0.15, 0.2) is 0 Å². The van der Waals surface area contributed by atoms with Crippen molar-refractivity contribution in [3.05, 3.63) is 35.4 Å². The number of nitrogens with one attached hydrogen (secondary N) is 1. The number of halogens is 2. The highest BCUT2D eigenvalue weighted by Gasteiger charge is 2.17. The van der Waals surface area contributed by atoms with Gasteiger partial charge in [0.2, 0.25) is 0 Å². The Kier molecular flexibility index (Phi) is 4.70. The molecule has 1 aromatic rings. The molecule has 1 atom stereocenters. The SMILES string of the molecule is CC(NC1CCCCCC1)c1ccc(F)cc1F. The fraction of sp³-hybridized carbons (Fsp3) is 0.600. The molecule has 1 unspecified atom stereocenters. The van der Waals surface area contributed by atoms with Gasteiger partial charge < -0.3 is 5.32 Å². The zero-order chi connectivity index (χ0) is 13.0. The van der Waals surface area contributed by atoms with Crippen molar-refractivity contribution in [1.82, 2.24) is 5.32 Å². The largest absolute Gasteiger partial charge is 0.307 e. The molecule has 18 heavy (non-hydrogen) atoms. The Hall–Kier alpha value is -0.960. The van der Waals surface area contributed by atoms with Gasteiger partial charge in [-0.3, -0.25) is 0 Å². The molecule has 0 radical (unpaired) electrons. The Bertz CT molecular complexity index is 384. The first-order chi connectivity index (χ1) is 8.66. The molecule has 3 heteroatoms. The minimum Gasteiger partial charge on any atom is -0.307 e. The van der Waals surface area contributed by atoms with Crippen molar-refractivity contribution in [3.63, 3.8) is 0 Å². The molecule has 1 aliphatic carbocycles. The van der Waals surface area contributed by atoms with E-state index in [9.17, 15) is 8.78 Å². The van der Waals surface area contributed by atoms with E-state index >= 15 is 0 Å². The van der Waals surface area contributed by atoms with E-state index in [1.807, 2.05) is 6.92 Å². The molecule has 100 valence electrons. The zero-order valence-electron chi connectivity index (χ0n) is 10.9. The summed E-state index contributed by atoms with van der Waals surface area (Å²) in [6.07, 6.45) is 7.42. The molecule has 0 aliphatic heterocycles. The number of rotatable bonds is 3. The summed E-state index contributed by atoms with van der Waals surface area (Å²) in [4.78, 5) is 0. The van der Waals surface area contributed by atoms with Gasteiger partial charge in [-0.1, -0.05) is 31.7 Å². The highest BCUT2D eigenvalue weighted by molar-refractivity contribution is 5.21. The summed E-state index contributed by atoms with van der Waals surface area (Å²) in [6, 6.07) is 4.23. The Morgan fingerprint density at radius 3 is 2.39 bits per heavy atom. The van der Waals surface area contributed by atoms with Gasteiger partial charge in [0.25, 0.3) is 0 Å². The summed E-state index contributed by atoms with van der Waals surface area (Å²) in [5.74, 6) is -0.971. The molecule has 1 saturated carbocycles. The van der Waals surface area contributed by atoms with Gasteiger partial charge in [0.1, 0.15) is 11.6 Å². The Balaban J connectivity index is 1.99. The summed E-state index contributed by atoms with van der Waals surface area (Å²) < 4.78 is 26.5. The van der Waals surface area contributed by atoms with Crippen LogP contribution in [0.5, 0.6) is 0 Å². The zero-order valence-corrected chi connectivity index (χ0v) is 10.9. The second-order valence-corrected chi connectivity index (χ2v) is 5.24. The summed E-state index contributed by atoms with van der Waals surface area (Å²) in [5, 5.41) is 3.47. The van der Waals surface area contributed by atoms with E-state index in [2.05, 4.69) is 5.32 Å². The first-order valence-corrected chi connectivity index (χ1v) is 6.88. The summed E-state index contributed by atoms with van der Waals surface area (Å²) >= 11 is 0. The van der Waals surface area contributed by atoms with Crippen molar-refractivity contribution in [2.75, 3.05) is 0 Å². The van der Waals surface area contributed by atoms with Gasteiger partial charge in [-0.05, 0) is 25.8 Å². The first-order valence-electron chi connectivity index (χ1n) is 6.88. The molecule has 1 fully saturated rings. The average molecular weight is 253 g/mol. The Morgan fingerprint density at radius 1 is 1.11 bits per heavy atom. The van der Waals surface area contributed by atoms with Crippen molar-refractivity contribution < 1.29 is 8.78 Å². The van der Waals surface area contributed by atoms with Crippen molar-refractivity contribution in [3.8, 4) is 0 Å². The van der Waals surface area contributed by atoms with Crippen LogP contribution in [-0.2, 0) is 0 Å². The van der Waals surface area contributed by atoms with Crippen molar-refractivity contribution in [2.45, 2.75) is 57.5 Å². The third-order valence-electron chi connectivity index (χ3n) is 3.77. The molecular formula is C15H21F2N. The van der Waals surface area contributed by atoms with Gasteiger partial charge in [0.05, 0.1) is 0 Å². The number of hydrogen-bond donors (Lipinski definition) is 1. The van der Waals surface area contributed by atoms with Crippen molar-refractivity contribution in [1.29, 1.82) is 0 Å². The molecular weight excluding hydrogens is 232 g/mol. The quantitative estimate of drug-likeness (QED) is 0.790. The van der Waals surface area contributed by atoms with E-state index < -0.39 is 11.6 Å². The second-order valence-electron chi connectivity index (χ2n) is 5.24. The third kappa shape index (κ3) is 3.52. The van der Waals surface area contributed by atoms with Gasteiger partial charge in [-0.25, -0.2) is 8.78 Å². The number of benzene rings is 1. The average Bonchev–Trinajstić information content (AvgIpc) is 2.57. The smallest absolute Gasteiger partial charge is 0.130 e. The molecule has 1 N–H and O–H groups in total. The standard InChI is InChI=1S/C15H21F2N/c1-11(14-9-8-12(16)10-15(14)17)18-13-6-4-2-3-5-7-13/h8-11,13,18H,2-7H2,1H3. The van der Waals surface area contributed by atoms with Crippen LogP contribution in [0.15, 0.2) is 18.2 Å². The monoisotopic (exact) mass is 253 g/mol. The summed E-state index contributed by atoms with van der Waals surface area (Å²) in [7, 11) is 0. The molecule has 1 nitrogen and oxygen atoms in total. The van der Waals surface area contributed by atoms with Crippen LogP contribution in [0.2, 0.25) is 0 Å². The Morgan fingerprint density at radius 2 is 1.78 bits per heavy atom. The highest BCUT2D eigenvalue weighted by atomic mass is 19.1. The lowest BCUT2D eigenvalue weighted by atomic mass is 10.0. The van der Waals surface area contributed by atoms with Crippen molar-refractivity contribution >= 4 is 0 Å². The summed E-state index contributed by atoms with van der Waals surface area (Å²) in [6.45, 7) is 1.95. The van der Waals surface area contributed by atoms with E-state index in [0.29, 0.717) is 11.6 Å². The molecule has 2 rings (SSSR count). The maximum absolute atomic E-state index is 13.7. The minimum absolute atomic E-state index is 0.0614. The Labute approximate surface area is 108 Å². The van der Waals surface area contributed by atoms with Gasteiger partial charge in [-0.15, -0.1) is 0 Å². The molecule has 0 bridgehead atoms. The van der Waals surface area contributed by atoms with Crippen LogP contribution >= 0.6 is 0 Å². The van der Waals surface area contributed by atoms with E-state index in [1.54, 1.807) is 6.07 Å². The fourth-order valence-electron chi connectivity index (χ4n) is 2.74. The second kappa shape index (κ2) is 6.28. The molecule has 1 aliphatic rings. The van der Waals surface area contributed by atoms with E-state index in [1.165, 1.54) is 31.7 Å². The van der Waals surface area contributed by atoms with E-state index in [0.717, 1.165) is 18.9 Å². The van der Waals surface area contributed by atoms with Crippen LogP contribution in [-0.4, -0.2) is 6.04 Å². The predicted octanol–water partition coefficient (Wildman–Crippen LogP) is 4.34. The highest BCUT2D eigenvalue weighted by Crippen LogP contribution is 2.22. The summed E-state index contributed by atoms with van der Waals surface area (Å²) in [5.41, 5.74) is 0.556. The normalized spacial score (nSPS) is 19.5. The molecule has 0 aromatic heterocycles. The molecule has 0 saturated heterocycles. The van der Waals surface area contributed by atoms with Crippen LogP contribution in [0.4, 0.5) is 8.78 Å². The fourth-order valence-corrected chi connectivity index (χ4v) is 2.74. The maximum Gasteiger partial charge on any atom is 0.130 e. The number of hydrogen-bond acceptors (Lipinski definition) is 1. The third-order valence-corrected chi connectivity index (χ3v) is 3.77. The minimum atomic E-state index is -0.516. The predicted molar refractivity (Wildman–Crippen MR) is 69.4 cm³/mol. The molecule has 0 amide bonds. The van der Waals surface area contributed by atoms with Gasteiger partial charge >= 0.3 is 0 Å². The molecule has 1 aromatic carbocycles. The van der Waals surface area contributed by atoms with Crippen LogP contribution < -0.4 is 5.32 Å². The van der Waals surface area contributed by atoms with Crippen LogP contribution in [0.1, 0.15) is 57.1 Å². The topological polar surface area (TPSA) is 12.0 Å². The lowest BCUT2D eigenvalue weighted by molar-refractivity contribution is 0.405. The van der Waals surface area contributed by atoms with E-state index in [-0.39, 0.29) is 6.04 Å². The molecule has 0 heterocycles. The van der Waals surface area contributed by atoms with Gasteiger partial charge in [-0.2, -0.15) is 0 Å². The van der Waals surface area contributed by atoms with E-state index in [4.69, 9.17) is 0 Å². The van der Waals surface area contributed by atoms with Crippen molar-refractivity contribution in [2.24, 2.45) is 0 Å².